The molecule has 1 aromatic rings. The highest BCUT2D eigenvalue weighted by atomic mass is 35.5. The predicted octanol–water partition coefficient (Wildman–Crippen LogP) is -0.0878. The predicted molar refractivity (Wildman–Crippen MR) is 86.9 cm³/mol. The van der Waals surface area contributed by atoms with Crippen molar-refractivity contribution in [2.75, 3.05) is 0 Å². The van der Waals surface area contributed by atoms with Gasteiger partial charge in [0, 0.05) is 16.0 Å². The Labute approximate surface area is 157 Å². The van der Waals surface area contributed by atoms with Crippen molar-refractivity contribution in [2.24, 2.45) is 22.8 Å². The molecule has 2 rings (SSSR count). The summed E-state index contributed by atoms with van der Waals surface area (Å²) in [6.07, 6.45) is -5.19. The summed E-state index contributed by atoms with van der Waals surface area (Å²) in [5.41, 5.74) is 11.3. The molecule has 1 fully saturated rings. The van der Waals surface area contributed by atoms with Crippen LogP contribution in [0.2, 0.25) is 10.0 Å². The van der Waals surface area contributed by atoms with Gasteiger partial charge in [-0.05, 0) is 29.2 Å². The van der Waals surface area contributed by atoms with Gasteiger partial charge in [-0.2, -0.15) is 13.2 Å². The monoisotopic (exact) mass is 413 g/mol. The summed E-state index contributed by atoms with van der Waals surface area (Å²) in [4.78, 5) is 23.3. The Hall–Kier alpha value is -2.00. The fraction of sp³-hybridized carbons (Fsp3) is 0.400. The van der Waals surface area contributed by atoms with Crippen molar-refractivity contribution < 1.29 is 32.9 Å². The van der Waals surface area contributed by atoms with Crippen molar-refractivity contribution in [3.63, 3.8) is 0 Å². The minimum absolute atomic E-state index is 0.0121. The Morgan fingerprint density at radius 3 is 2.15 bits per heavy atom. The second-order valence-corrected chi connectivity index (χ2v) is 7.02. The Balaban J connectivity index is 0.000000412. The average Bonchev–Trinajstić information content (AvgIpc) is 3.03. The highest BCUT2D eigenvalue weighted by Crippen LogP contribution is 2.65. The van der Waals surface area contributed by atoms with Gasteiger partial charge in [-0.15, -0.1) is 0 Å². The maximum Gasteiger partial charge on any atom is 0.430 e. The number of hydrogen-bond donors (Lipinski definition) is 3. The maximum absolute atomic E-state index is 12.0. The minimum atomic E-state index is -5.19. The molecule has 0 aliphatic heterocycles. The molecular formula is C15H16Cl2F3N3O3. The van der Waals surface area contributed by atoms with Crippen LogP contribution in [-0.2, 0) is 9.59 Å². The van der Waals surface area contributed by atoms with Crippen molar-refractivity contribution in [3.8, 4) is 0 Å². The van der Waals surface area contributed by atoms with E-state index >= 15 is 0 Å². The normalized spacial score (nSPS) is 20.4. The molecule has 2 atom stereocenters. The summed E-state index contributed by atoms with van der Waals surface area (Å²) >= 11 is 12.2. The second kappa shape index (κ2) is 7.71. The standard InChI is InChI=1S/C13H15Cl2N3O.C2HF3O2/c1-13(2)9(10(13)11(19)18-12(16)17)7-5-6(14)3-4-8(7)15;3-2(4,5)1(6)7/h3-5,9-10H,1-2H3,(H4,16,17,18,19);(H,6,7)/t9-,10+;/m1./s1. The molecule has 11 heteroatoms. The van der Waals surface area contributed by atoms with Gasteiger partial charge < -0.3 is 9.90 Å². The van der Waals surface area contributed by atoms with Gasteiger partial charge in [-0.25, -0.2) is 4.99 Å². The number of carbonyl (C=O) groups is 2. The van der Waals surface area contributed by atoms with E-state index in [1.165, 1.54) is 0 Å². The number of aliphatic carboxylic acids is 1. The molecule has 0 saturated heterocycles. The van der Waals surface area contributed by atoms with Gasteiger partial charge in [-0.1, -0.05) is 37.0 Å². The number of alkyl halides is 3. The first-order valence-corrected chi connectivity index (χ1v) is 7.87. The smallest absolute Gasteiger partial charge is 0.430 e. The van der Waals surface area contributed by atoms with Crippen molar-refractivity contribution in [3.05, 3.63) is 33.8 Å². The molecule has 1 aliphatic rings. The molecule has 1 saturated carbocycles. The summed E-state index contributed by atoms with van der Waals surface area (Å²) in [5, 5.41) is 10.0. The zero-order valence-electron chi connectivity index (χ0n) is 13.7. The molecule has 1 amide bonds. The number of carbonyl (C=O) groups excluding carboxylic acids is 2. The lowest BCUT2D eigenvalue weighted by atomic mass is 10.0. The number of carboxylic acids is 1. The van der Waals surface area contributed by atoms with E-state index in [1.807, 2.05) is 13.8 Å². The van der Waals surface area contributed by atoms with E-state index in [0.717, 1.165) is 5.56 Å². The number of nitrogens with one attached hydrogen (secondary N) is 1. The van der Waals surface area contributed by atoms with Crippen LogP contribution in [0.5, 0.6) is 0 Å². The molecule has 144 valence electrons. The summed E-state index contributed by atoms with van der Waals surface area (Å²) in [7, 11) is 0. The van der Waals surface area contributed by atoms with Gasteiger partial charge in [0.25, 0.3) is 5.91 Å². The molecule has 0 bridgehead atoms. The van der Waals surface area contributed by atoms with Crippen LogP contribution in [0.1, 0.15) is 25.3 Å². The highest BCUT2D eigenvalue weighted by molar-refractivity contribution is 6.33. The van der Waals surface area contributed by atoms with Crippen LogP contribution in [0.3, 0.4) is 0 Å². The zero-order valence-corrected chi connectivity index (χ0v) is 15.2. The maximum atomic E-state index is 12.0. The fourth-order valence-corrected chi connectivity index (χ4v) is 3.10. The number of rotatable bonds is 2. The van der Waals surface area contributed by atoms with Gasteiger partial charge in [0.15, 0.2) is 0 Å². The molecule has 0 unspecified atom stereocenters. The molecule has 6 nitrogen and oxygen atoms in total. The number of amides is 1. The molecule has 5 N–H and O–H groups in total. The number of carboxylic acid groups (broad SMARTS) is 1. The van der Waals surface area contributed by atoms with Crippen molar-refractivity contribution >= 4 is 41.0 Å². The number of benzene rings is 1. The Bertz CT molecular complexity index is 747. The highest BCUT2D eigenvalue weighted by Gasteiger charge is 2.63. The topological polar surface area (TPSA) is 123 Å². The third-order valence-electron chi connectivity index (χ3n) is 3.90. The van der Waals surface area contributed by atoms with Gasteiger partial charge in [0.2, 0.25) is 0 Å². The van der Waals surface area contributed by atoms with Gasteiger partial charge >= 0.3 is 12.1 Å². The summed E-state index contributed by atoms with van der Waals surface area (Å²) in [6, 6.07) is 5.27. The lowest BCUT2D eigenvalue weighted by Gasteiger charge is -2.05. The van der Waals surface area contributed by atoms with Crippen LogP contribution in [0, 0.1) is 11.3 Å². The van der Waals surface area contributed by atoms with E-state index in [0.29, 0.717) is 10.0 Å². The Morgan fingerprint density at radius 2 is 1.73 bits per heavy atom. The largest absolute Gasteiger partial charge is 0.542 e. The summed E-state index contributed by atoms with van der Waals surface area (Å²) in [5.74, 6) is -3.49. The number of halogens is 5. The van der Waals surface area contributed by atoms with Crippen LogP contribution in [0.15, 0.2) is 18.2 Å². The summed E-state index contributed by atoms with van der Waals surface area (Å²) in [6.45, 7) is 4.01. The van der Waals surface area contributed by atoms with E-state index < -0.39 is 12.1 Å². The van der Waals surface area contributed by atoms with E-state index in [9.17, 15) is 18.0 Å². The van der Waals surface area contributed by atoms with E-state index in [1.54, 1.807) is 18.2 Å². The minimum Gasteiger partial charge on any atom is -0.542 e. The average molecular weight is 414 g/mol. The lowest BCUT2D eigenvalue weighted by molar-refractivity contribution is -0.382. The second-order valence-electron chi connectivity index (χ2n) is 6.17. The van der Waals surface area contributed by atoms with E-state index in [4.69, 9.17) is 44.6 Å². The van der Waals surface area contributed by atoms with Gasteiger partial charge in [0.05, 0.1) is 5.92 Å². The molecular weight excluding hydrogens is 398 g/mol. The van der Waals surface area contributed by atoms with Gasteiger partial charge in [0.1, 0.15) is 5.97 Å². The SMILES string of the molecule is CC1(C)[C@H](C(=O)[NH+]=C(N)N)[C@H]1c1cc(Cl)ccc1Cl.O=C([O-])C(F)(F)F. The number of guanidine groups is 1. The first-order valence-electron chi connectivity index (χ1n) is 7.11. The first kappa shape index (κ1) is 22.0. The molecule has 0 aromatic heterocycles. The molecule has 26 heavy (non-hydrogen) atoms. The summed E-state index contributed by atoms with van der Waals surface area (Å²) < 4.78 is 31.5. The third kappa shape index (κ3) is 5.25. The number of hydrogen-bond acceptors (Lipinski definition) is 3. The molecule has 0 heterocycles. The Kier molecular flexibility index (Phi) is 6.54. The Morgan fingerprint density at radius 1 is 1.23 bits per heavy atom. The van der Waals surface area contributed by atoms with Crippen molar-refractivity contribution in [1.82, 2.24) is 0 Å². The van der Waals surface area contributed by atoms with Crippen LogP contribution in [0.25, 0.3) is 0 Å². The molecule has 1 aromatic carbocycles. The molecule has 0 spiro atoms. The number of nitrogens with two attached hydrogens (primary N) is 2. The lowest BCUT2D eigenvalue weighted by Crippen LogP contribution is -2.82. The zero-order chi connectivity index (χ0) is 20.4. The van der Waals surface area contributed by atoms with Crippen LogP contribution >= 0.6 is 23.2 Å². The van der Waals surface area contributed by atoms with E-state index in [2.05, 4.69) is 4.99 Å². The quantitative estimate of drug-likeness (QED) is 0.461. The van der Waals surface area contributed by atoms with Crippen LogP contribution < -0.4 is 21.6 Å². The van der Waals surface area contributed by atoms with E-state index in [-0.39, 0.29) is 29.1 Å². The van der Waals surface area contributed by atoms with Gasteiger partial charge in [-0.3, -0.25) is 16.3 Å². The third-order valence-corrected chi connectivity index (χ3v) is 4.48. The molecule has 0 radical (unpaired) electrons. The van der Waals surface area contributed by atoms with Crippen LogP contribution in [-0.4, -0.2) is 24.0 Å². The van der Waals surface area contributed by atoms with Crippen molar-refractivity contribution in [2.45, 2.75) is 25.9 Å². The van der Waals surface area contributed by atoms with Crippen molar-refractivity contribution in [1.29, 1.82) is 0 Å². The fourth-order valence-electron chi connectivity index (χ4n) is 2.68. The van der Waals surface area contributed by atoms with Crippen LogP contribution in [0.4, 0.5) is 13.2 Å². The molecule has 1 aliphatic carbocycles. The first-order chi connectivity index (χ1) is 11.7.